The van der Waals surface area contributed by atoms with E-state index < -0.39 is 18.3 Å². The first-order chi connectivity index (χ1) is 5.15. The highest BCUT2D eigenvalue weighted by atomic mass is 19.4. The molecule has 2 nitrogen and oxygen atoms in total. The summed E-state index contributed by atoms with van der Waals surface area (Å²) >= 11 is 0. The van der Waals surface area contributed by atoms with Crippen molar-refractivity contribution >= 4 is 5.78 Å². The third-order valence-electron chi connectivity index (χ3n) is 1.61. The van der Waals surface area contributed by atoms with Gasteiger partial charge in [-0.3, -0.25) is 10.1 Å². The van der Waals surface area contributed by atoms with Crippen molar-refractivity contribution in [1.29, 1.82) is 0 Å². The summed E-state index contributed by atoms with van der Waals surface area (Å²) < 4.78 is 35.0. The molecule has 72 valence electrons. The van der Waals surface area contributed by atoms with E-state index in [1.165, 1.54) is 20.8 Å². The first-order valence-corrected chi connectivity index (χ1v) is 3.48. The SMILES string of the molecule is CC(=O)C(C)(C)NCC(F)(F)F. The maximum absolute atomic E-state index is 11.7. The molecular formula is C7H12F3NO. The third kappa shape index (κ3) is 4.33. The van der Waals surface area contributed by atoms with Crippen LogP contribution in [0, 0.1) is 0 Å². The second kappa shape index (κ2) is 3.43. The number of carbonyl (C=O) groups is 1. The van der Waals surface area contributed by atoms with Gasteiger partial charge in [-0.25, -0.2) is 0 Å². The Morgan fingerprint density at radius 3 is 2.00 bits per heavy atom. The van der Waals surface area contributed by atoms with Crippen LogP contribution in [0.1, 0.15) is 20.8 Å². The minimum Gasteiger partial charge on any atom is -0.298 e. The van der Waals surface area contributed by atoms with Gasteiger partial charge < -0.3 is 0 Å². The van der Waals surface area contributed by atoms with Crippen molar-refractivity contribution in [3.05, 3.63) is 0 Å². The van der Waals surface area contributed by atoms with E-state index >= 15 is 0 Å². The molecule has 0 aromatic rings. The van der Waals surface area contributed by atoms with Crippen LogP contribution in [0.3, 0.4) is 0 Å². The van der Waals surface area contributed by atoms with Crippen LogP contribution >= 0.6 is 0 Å². The highest BCUT2D eigenvalue weighted by molar-refractivity contribution is 5.85. The molecule has 0 aliphatic rings. The molecule has 0 saturated carbocycles. The second-order valence-corrected chi connectivity index (χ2v) is 3.15. The second-order valence-electron chi connectivity index (χ2n) is 3.15. The Kier molecular flexibility index (Phi) is 3.26. The van der Waals surface area contributed by atoms with Gasteiger partial charge in [0.25, 0.3) is 0 Å². The number of hydrogen-bond donors (Lipinski definition) is 1. The fourth-order valence-electron chi connectivity index (χ4n) is 0.446. The Bertz CT molecular complexity index is 174. The molecule has 0 unspecified atom stereocenters. The van der Waals surface area contributed by atoms with Gasteiger partial charge in [-0.15, -0.1) is 0 Å². The number of rotatable bonds is 3. The minimum atomic E-state index is -4.27. The van der Waals surface area contributed by atoms with Gasteiger partial charge in [0.15, 0.2) is 0 Å². The molecule has 0 radical (unpaired) electrons. The Morgan fingerprint density at radius 2 is 1.75 bits per heavy atom. The van der Waals surface area contributed by atoms with Gasteiger partial charge >= 0.3 is 6.18 Å². The fraction of sp³-hybridized carbons (Fsp3) is 0.857. The van der Waals surface area contributed by atoms with Crippen LogP contribution in [0.2, 0.25) is 0 Å². The van der Waals surface area contributed by atoms with Gasteiger partial charge in [-0.05, 0) is 20.8 Å². The molecule has 0 aliphatic heterocycles. The zero-order valence-electron chi connectivity index (χ0n) is 7.25. The normalized spacial score (nSPS) is 13.2. The van der Waals surface area contributed by atoms with Crippen molar-refractivity contribution in [1.82, 2.24) is 5.32 Å². The predicted molar refractivity (Wildman–Crippen MR) is 38.8 cm³/mol. The number of halogens is 3. The highest BCUT2D eigenvalue weighted by Crippen LogP contribution is 2.14. The lowest BCUT2D eigenvalue weighted by molar-refractivity contribution is -0.134. The fourth-order valence-corrected chi connectivity index (χ4v) is 0.446. The molecule has 0 fully saturated rings. The molecule has 0 rings (SSSR count). The van der Waals surface area contributed by atoms with E-state index in [4.69, 9.17) is 0 Å². The molecule has 0 saturated heterocycles. The summed E-state index contributed by atoms with van der Waals surface area (Å²) in [6.45, 7) is 2.95. The Balaban J connectivity index is 4.01. The summed E-state index contributed by atoms with van der Waals surface area (Å²) in [4.78, 5) is 10.8. The van der Waals surface area contributed by atoms with Crippen LogP contribution in [0.25, 0.3) is 0 Å². The van der Waals surface area contributed by atoms with Crippen molar-refractivity contribution < 1.29 is 18.0 Å². The van der Waals surface area contributed by atoms with Crippen molar-refractivity contribution in [2.24, 2.45) is 0 Å². The van der Waals surface area contributed by atoms with E-state index in [1.54, 1.807) is 0 Å². The molecule has 0 aromatic carbocycles. The summed E-state index contributed by atoms with van der Waals surface area (Å²) in [5.41, 5.74) is -1.10. The monoisotopic (exact) mass is 183 g/mol. The lowest BCUT2D eigenvalue weighted by Gasteiger charge is -2.23. The summed E-state index contributed by atoms with van der Waals surface area (Å²) in [6, 6.07) is 0. The van der Waals surface area contributed by atoms with E-state index in [9.17, 15) is 18.0 Å². The van der Waals surface area contributed by atoms with Crippen LogP contribution in [-0.4, -0.2) is 24.0 Å². The lowest BCUT2D eigenvalue weighted by atomic mass is 10.0. The summed E-state index contributed by atoms with van der Waals surface area (Å²) in [6.07, 6.45) is -4.27. The zero-order chi connectivity index (χ0) is 9.99. The quantitative estimate of drug-likeness (QED) is 0.718. The van der Waals surface area contributed by atoms with Crippen molar-refractivity contribution in [2.75, 3.05) is 6.54 Å². The van der Waals surface area contributed by atoms with E-state index in [1.807, 2.05) is 0 Å². The van der Waals surface area contributed by atoms with Gasteiger partial charge in [0.2, 0.25) is 0 Å². The predicted octanol–water partition coefficient (Wildman–Crippen LogP) is 1.51. The average Bonchev–Trinajstić information content (AvgIpc) is 1.82. The molecule has 0 aliphatic carbocycles. The van der Waals surface area contributed by atoms with Crippen LogP contribution in [-0.2, 0) is 4.79 Å². The topological polar surface area (TPSA) is 29.1 Å². The largest absolute Gasteiger partial charge is 0.401 e. The van der Waals surface area contributed by atoms with Crippen molar-refractivity contribution in [3.8, 4) is 0 Å². The molecule has 0 bridgehead atoms. The standard InChI is InChI=1S/C7H12F3NO/c1-5(12)6(2,3)11-4-7(8,9)10/h11H,4H2,1-3H3. The number of ketones is 1. The number of alkyl halides is 3. The Labute approximate surface area is 69.1 Å². The number of carbonyl (C=O) groups excluding carboxylic acids is 1. The minimum absolute atomic E-state index is 0.313. The van der Waals surface area contributed by atoms with Crippen LogP contribution in [0.15, 0.2) is 0 Å². The van der Waals surface area contributed by atoms with Crippen molar-refractivity contribution in [2.45, 2.75) is 32.5 Å². The summed E-state index contributed by atoms with van der Waals surface area (Å²) in [7, 11) is 0. The van der Waals surface area contributed by atoms with Crippen LogP contribution in [0.5, 0.6) is 0 Å². The molecule has 1 N–H and O–H groups in total. The molecule has 0 spiro atoms. The number of Topliss-reactive ketones (excluding diaryl/α,β-unsaturated/α-hetero) is 1. The van der Waals surface area contributed by atoms with E-state index in [0.717, 1.165) is 0 Å². The maximum Gasteiger partial charge on any atom is 0.401 e. The molecule has 0 atom stereocenters. The van der Waals surface area contributed by atoms with Gasteiger partial charge in [-0.1, -0.05) is 0 Å². The van der Waals surface area contributed by atoms with Gasteiger partial charge in [-0.2, -0.15) is 13.2 Å². The molecule has 0 aromatic heterocycles. The van der Waals surface area contributed by atoms with Gasteiger partial charge in [0, 0.05) is 0 Å². The van der Waals surface area contributed by atoms with E-state index in [2.05, 4.69) is 5.32 Å². The van der Waals surface area contributed by atoms with E-state index in [0.29, 0.717) is 0 Å². The summed E-state index contributed by atoms with van der Waals surface area (Å²) in [5.74, 6) is -0.313. The first-order valence-electron chi connectivity index (χ1n) is 3.48. The molecule has 0 amide bonds. The van der Waals surface area contributed by atoms with Gasteiger partial charge in [0.1, 0.15) is 5.78 Å². The third-order valence-corrected chi connectivity index (χ3v) is 1.61. The van der Waals surface area contributed by atoms with Crippen LogP contribution in [0.4, 0.5) is 13.2 Å². The highest BCUT2D eigenvalue weighted by Gasteiger charge is 2.32. The first kappa shape index (κ1) is 11.4. The molecular weight excluding hydrogens is 171 g/mol. The van der Waals surface area contributed by atoms with E-state index in [-0.39, 0.29) is 5.78 Å². The molecule has 12 heavy (non-hydrogen) atoms. The Hall–Kier alpha value is -0.580. The van der Waals surface area contributed by atoms with Gasteiger partial charge in [0.05, 0.1) is 12.1 Å². The maximum atomic E-state index is 11.7. The zero-order valence-corrected chi connectivity index (χ0v) is 7.25. The van der Waals surface area contributed by atoms with Crippen LogP contribution < -0.4 is 5.32 Å². The molecule has 0 heterocycles. The lowest BCUT2D eigenvalue weighted by Crippen LogP contribution is -2.49. The number of nitrogens with one attached hydrogen (secondary N) is 1. The average molecular weight is 183 g/mol. The van der Waals surface area contributed by atoms with Crippen molar-refractivity contribution in [3.63, 3.8) is 0 Å². The molecule has 5 heteroatoms. The summed E-state index contributed by atoms with van der Waals surface area (Å²) in [5, 5.41) is 2.12. The smallest absolute Gasteiger partial charge is 0.298 e. The number of hydrogen-bond acceptors (Lipinski definition) is 2. The Morgan fingerprint density at radius 1 is 1.33 bits per heavy atom.